The Morgan fingerprint density at radius 1 is 1.23 bits per heavy atom. The molecule has 35 heavy (non-hydrogen) atoms. The number of carboxylic acids is 1. The third-order valence-electron chi connectivity index (χ3n) is 6.65. The van der Waals surface area contributed by atoms with Crippen molar-refractivity contribution in [3.8, 4) is 11.5 Å². The first-order chi connectivity index (χ1) is 16.5. The second kappa shape index (κ2) is 9.43. The van der Waals surface area contributed by atoms with Crippen LogP contribution in [-0.4, -0.2) is 59.5 Å². The predicted molar refractivity (Wildman–Crippen MR) is 125 cm³/mol. The van der Waals surface area contributed by atoms with Crippen LogP contribution in [0.5, 0.6) is 11.5 Å². The third-order valence-corrected chi connectivity index (χ3v) is 6.65. The van der Waals surface area contributed by atoms with Gasteiger partial charge in [-0.3, -0.25) is 9.59 Å². The van der Waals surface area contributed by atoms with Crippen molar-refractivity contribution >= 4 is 18.0 Å². The van der Waals surface area contributed by atoms with Gasteiger partial charge in [0, 0.05) is 37.9 Å². The van der Waals surface area contributed by atoms with Crippen LogP contribution in [0.4, 0.5) is 4.79 Å². The standard InChI is InChI=1S/C26H33NO8/c1-25(2,3)35-24(31)27-13-12-26-11-10-17(33-21(30)7-5-6-20(28)29)14-19(26)34-23-18(32-4)9-8-16(15-27)22(23)26/h8-11,17,19H,5-7,12-15H2,1-4H3,(H,28,29)/t17?,19-,26?/m1/s1. The zero-order valence-corrected chi connectivity index (χ0v) is 20.7. The number of hydrogen-bond acceptors (Lipinski definition) is 7. The highest BCUT2D eigenvalue weighted by molar-refractivity contribution is 5.72. The summed E-state index contributed by atoms with van der Waals surface area (Å²) in [5.41, 5.74) is 0.905. The molecule has 0 aromatic heterocycles. The van der Waals surface area contributed by atoms with Crippen molar-refractivity contribution in [2.24, 2.45) is 0 Å². The van der Waals surface area contributed by atoms with Crippen LogP contribution in [0.2, 0.25) is 0 Å². The van der Waals surface area contributed by atoms with E-state index >= 15 is 0 Å². The molecule has 0 fully saturated rings. The molecular weight excluding hydrogens is 454 g/mol. The Hall–Kier alpha value is -3.23. The van der Waals surface area contributed by atoms with Crippen LogP contribution >= 0.6 is 0 Å². The summed E-state index contributed by atoms with van der Waals surface area (Å²) < 4.78 is 23.2. The van der Waals surface area contributed by atoms with Gasteiger partial charge in [-0.1, -0.05) is 12.1 Å². The summed E-state index contributed by atoms with van der Waals surface area (Å²) in [7, 11) is 1.59. The lowest BCUT2D eigenvalue weighted by Gasteiger charge is -2.36. The lowest BCUT2D eigenvalue weighted by molar-refractivity contribution is -0.148. The third kappa shape index (κ3) is 5.09. The minimum atomic E-state index is -0.937. The zero-order valence-electron chi connectivity index (χ0n) is 20.7. The molecule has 190 valence electrons. The summed E-state index contributed by atoms with van der Waals surface area (Å²) in [4.78, 5) is 37.6. The number of nitrogens with zero attached hydrogens (tertiary/aromatic N) is 1. The zero-order chi connectivity index (χ0) is 25.4. The molecule has 0 radical (unpaired) electrons. The maximum atomic E-state index is 12.9. The summed E-state index contributed by atoms with van der Waals surface area (Å²) >= 11 is 0. The molecule has 1 N–H and O–H groups in total. The summed E-state index contributed by atoms with van der Waals surface area (Å²) in [5, 5.41) is 8.77. The molecule has 4 rings (SSSR count). The quantitative estimate of drug-likeness (QED) is 0.474. The number of carboxylic acid groups (broad SMARTS) is 1. The van der Waals surface area contributed by atoms with Crippen molar-refractivity contribution in [3.63, 3.8) is 0 Å². The number of aliphatic carboxylic acids is 1. The number of benzene rings is 1. The van der Waals surface area contributed by atoms with E-state index in [1.807, 2.05) is 45.1 Å². The second-order valence-corrected chi connectivity index (χ2v) is 10.3. The van der Waals surface area contributed by atoms with Crippen molar-refractivity contribution in [2.75, 3.05) is 13.7 Å². The minimum absolute atomic E-state index is 0.0519. The van der Waals surface area contributed by atoms with Crippen LogP contribution < -0.4 is 9.47 Å². The fourth-order valence-electron chi connectivity index (χ4n) is 5.11. The summed E-state index contributed by atoms with van der Waals surface area (Å²) in [6, 6.07) is 3.82. The highest BCUT2D eigenvalue weighted by atomic mass is 16.6. The first-order valence-corrected chi connectivity index (χ1v) is 12.0. The average molecular weight is 488 g/mol. The van der Waals surface area contributed by atoms with E-state index in [1.54, 1.807) is 12.0 Å². The molecule has 1 aromatic rings. The van der Waals surface area contributed by atoms with E-state index in [4.69, 9.17) is 24.1 Å². The van der Waals surface area contributed by atoms with Crippen LogP contribution in [0.15, 0.2) is 24.3 Å². The van der Waals surface area contributed by atoms with Crippen molar-refractivity contribution in [3.05, 3.63) is 35.4 Å². The molecule has 2 aliphatic heterocycles. The average Bonchev–Trinajstić information content (AvgIpc) is 2.99. The summed E-state index contributed by atoms with van der Waals surface area (Å²) in [6.45, 7) is 6.42. The van der Waals surface area contributed by atoms with Gasteiger partial charge in [-0.2, -0.15) is 0 Å². The Morgan fingerprint density at radius 3 is 2.69 bits per heavy atom. The second-order valence-electron chi connectivity index (χ2n) is 10.3. The van der Waals surface area contributed by atoms with Gasteiger partial charge in [0.25, 0.3) is 0 Å². The van der Waals surface area contributed by atoms with Crippen LogP contribution in [0.1, 0.15) is 64.0 Å². The molecule has 2 unspecified atom stereocenters. The van der Waals surface area contributed by atoms with Crippen LogP contribution in [0.3, 0.4) is 0 Å². The van der Waals surface area contributed by atoms with Gasteiger partial charge in [-0.25, -0.2) is 4.79 Å². The lowest BCUT2D eigenvalue weighted by Crippen LogP contribution is -2.44. The Labute approximate surface area is 205 Å². The van der Waals surface area contributed by atoms with Crippen molar-refractivity contribution < 1.29 is 38.4 Å². The van der Waals surface area contributed by atoms with E-state index in [2.05, 4.69) is 0 Å². The monoisotopic (exact) mass is 487 g/mol. The van der Waals surface area contributed by atoms with Gasteiger partial charge >= 0.3 is 18.0 Å². The number of esters is 1. The SMILES string of the molecule is COc1ccc2c3c1O[C@@H]1CC(OC(=O)CCCC(=O)O)C=CC31CCN(C(=O)OC(C)(C)C)C2. The molecule has 2 heterocycles. The normalized spacial score (nSPS) is 24.5. The number of carbonyl (C=O) groups excluding carboxylic acids is 2. The molecule has 9 nitrogen and oxygen atoms in total. The summed E-state index contributed by atoms with van der Waals surface area (Å²) in [6.07, 6.45) is 4.09. The maximum absolute atomic E-state index is 12.9. The molecule has 9 heteroatoms. The van der Waals surface area contributed by atoms with E-state index in [1.165, 1.54) is 0 Å². The number of carbonyl (C=O) groups is 3. The van der Waals surface area contributed by atoms with Crippen LogP contribution in [0.25, 0.3) is 0 Å². The van der Waals surface area contributed by atoms with Crippen molar-refractivity contribution in [1.29, 1.82) is 0 Å². The number of amides is 1. The molecule has 0 bridgehead atoms. The molecule has 1 amide bonds. The topological polar surface area (TPSA) is 112 Å². The van der Waals surface area contributed by atoms with Gasteiger partial charge in [-0.15, -0.1) is 0 Å². The first kappa shape index (κ1) is 24.9. The van der Waals surface area contributed by atoms with Gasteiger partial charge in [0.1, 0.15) is 17.8 Å². The molecule has 0 saturated carbocycles. The van der Waals surface area contributed by atoms with E-state index in [0.29, 0.717) is 37.4 Å². The molecule has 1 spiro atoms. The van der Waals surface area contributed by atoms with E-state index in [9.17, 15) is 14.4 Å². The van der Waals surface area contributed by atoms with Gasteiger partial charge < -0.3 is 29.0 Å². The lowest BCUT2D eigenvalue weighted by atomic mass is 9.69. The predicted octanol–water partition coefficient (Wildman–Crippen LogP) is 3.96. The maximum Gasteiger partial charge on any atom is 0.410 e. The smallest absolute Gasteiger partial charge is 0.410 e. The molecule has 0 saturated heterocycles. The Bertz CT molecular complexity index is 1040. The largest absolute Gasteiger partial charge is 0.493 e. The summed E-state index contributed by atoms with van der Waals surface area (Å²) in [5.74, 6) is -0.0754. The number of hydrogen-bond donors (Lipinski definition) is 1. The van der Waals surface area contributed by atoms with Crippen molar-refractivity contribution in [2.45, 2.75) is 82.6 Å². The molecule has 1 aliphatic carbocycles. The van der Waals surface area contributed by atoms with Gasteiger partial charge in [-0.05, 0) is 51.3 Å². The highest BCUT2D eigenvalue weighted by Crippen LogP contribution is 2.56. The fourth-order valence-corrected chi connectivity index (χ4v) is 5.11. The first-order valence-electron chi connectivity index (χ1n) is 12.0. The van der Waals surface area contributed by atoms with Crippen molar-refractivity contribution in [1.82, 2.24) is 4.90 Å². The minimum Gasteiger partial charge on any atom is -0.493 e. The van der Waals surface area contributed by atoms with Gasteiger partial charge in [0.15, 0.2) is 11.5 Å². The fraction of sp³-hybridized carbons (Fsp3) is 0.577. The Kier molecular flexibility index (Phi) is 6.71. The van der Waals surface area contributed by atoms with E-state index in [0.717, 1.165) is 11.1 Å². The number of rotatable bonds is 6. The van der Waals surface area contributed by atoms with E-state index in [-0.39, 0.29) is 31.5 Å². The highest BCUT2D eigenvalue weighted by Gasteiger charge is 2.53. The number of methoxy groups -OCH3 is 1. The van der Waals surface area contributed by atoms with Crippen LogP contribution in [0, 0.1) is 0 Å². The molecule has 1 aromatic carbocycles. The Morgan fingerprint density at radius 2 is 2.00 bits per heavy atom. The number of ether oxygens (including phenoxy) is 4. The van der Waals surface area contributed by atoms with Gasteiger partial charge in [0.05, 0.1) is 12.5 Å². The Balaban J connectivity index is 1.58. The van der Waals surface area contributed by atoms with Gasteiger partial charge in [0.2, 0.25) is 0 Å². The molecule has 3 atom stereocenters. The van der Waals surface area contributed by atoms with Crippen LogP contribution in [-0.2, 0) is 31.0 Å². The van der Waals surface area contributed by atoms with E-state index < -0.39 is 29.1 Å². The molecular formula is C26H33NO8. The molecule has 3 aliphatic rings.